The van der Waals surface area contributed by atoms with Crippen LogP contribution in [0.25, 0.3) is 20.4 Å². The first-order valence-corrected chi connectivity index (χ1v) is 10.6. The molecule has 4 heterocycles. The molecule has 26 heavy (non-hydrogen) atoms. The molecule has 0 amide bonds. The van der Waals surface area contributed by atoms with E-state index in [4.69, 9.17) is 9.72 Å². The fraction of sp³-hybridized carbons (Fsp3) is 0.550. The maximum atomic E-state index is 5.73. The minimum absolute atomic E-state index is 0.299. The molecule has 1 N–H and O–H groups in total. The second kappa shape index (κ2) is 6.74. The van der Waals surface area contributed by atoms with Gasteiger partial charge in [-0.15, -0.1) is 11.3 Å². The number of thiophene rings is 1. The van der Waals surface area contributed by atoms with Crippen LogP contribution < -0.4 is 5.32 Å². The molecular formula is C20H24N4OS. The van der Waals surface area contributed by atoms with E-state index in [0.717, 1.165) is 66.1 Å². The minimum atomic E-state index is 0.299. The Labute approximate surface area is 157 Å². The normalized spacial score (nSPS) is 19.5. The highest BCUT2D eigenvalue weighted by molar-refractivity contribution is 7.26. The molecule has 1 aliphatic carbocycles. The zero-order chi connectivity index (χ0) is 17.5. The Kier molecular flexibility index (Phi) is 4.25. The summed E-state index contributed by atoms with van der Waals surface area (Å²) in [7, 11) is 0. The summed E-state index contributed by atoms with van der Waals surface area (Å²) in [5, 5.41) is 4.78. The van der Waals surface area contributed by atoms with Crippen molar-refractivity contribution in [3.8, 4) is 0 Å². The van der Waals surface area contributed by atoms with E-state index in [-0.39, 0.29) is 0 Å². The van der Waals surface area contributed by atoms with Crippen molar-refractivity contribution in [2.45, 2.75) is 58.0 Å². The molecule has 3 aromatic heterocycles. The lowest BCUT2D eigenvalue weighted by atomic mass is 10.0. The van der Waals surface area contributed by atoms with Gasteiger partial charge < -0.3 is 10.1 Å². The van der Waals surface area contributed by atoms with Crippen LogP contribution in [0.15, 0.2) is 6.33 Å². The number of aryl methyl sites for hydroxylation is 2. The maximum Gasteiger partial charge on any atom is 0.147 e. The largest absolute Gasteiger partial charge is 0.376 e. The number of fused-ring (bicyclic) bond motifs is 5. The average Bonchev–Trinajstić information content (AvgIpc) is 3.38. The predicted octanol–water partition coefficient (Wildman–Crippen LogP) is 4.27. The van der Waals surface area contributed by atoms with Gasteiger partial charge in [-0.2, -0.15) is 0 Å². The molecule has 1 atom stereocenters. The van der Waals surface area contributed by atoms with E-state index in [1.807, 2.05) is 0 Å². The third-order valence-corrected chi connectivity index (χ3v) is 6.65. The number of nitrogens with zero attached hydrogens (tertiary/aromatic N) is 3. The molecule has 0 saturated carbocycles. The van der Waals surface area contributed by atoms with Gasteiger partial charge in [-0.25, -0.2) is 15.0 Å². The number of nitrogens with one attached hydrogen (secondary N) is 1. The van der Waals surface area contributed by atoms with Crippen LogP contribution in [-0.4, -0.2) is 34.2 Å². The number of aromatic nitrogens is 3. The van der Waals surface area contributed by atoms with Crippen molar-refractivity contribution in [3.63, 3.8) is 0 Å². The first-order valence-electron chi connectivity index (χ1n) is 9.78. The lowest BCUT2D eigenvalue weighted by Crippen LogP contribution is -2.18. The summed E-state index contributed by atoms with van der Waals surface area (Å²) in [6.07, 6.45) is 10.0. The molecule has 3 aromatic rings. The molecule has 2 aliphatic rings. The highest BCUT2D eigenvalue weighted by Gasteiger charge is 2.24. The highest BCUT2D eigenvalue weighted by atomic mass is 32.1. The molecule has 1 aliphatic heterocycles. The van der Waals surface area contributed by atoms with Gasteiger partial charge in [0.2, 0.25) is 0 Å². The zero-order valence-corrected chi connectivity index (χ0v) is 16.0. The van der Waals surface area contributed by atoms with E-state index in [0.29, 0.717) is 6.10 Å². The molecular weight excluding hydrogens is 344 g/mol. The highest BCUT2D eigenvalue weighted by Crippen LogP contribution is 2.41. The fourth-order valence-electron chi connectivity index (χ4n) is 4.36. The van der Waals surface area contributed by atoms with Crippen LogP contribution in [-0.2, 0) is 24.0 Å². The van der Waals surface area contributed by atoms with Crippen molar-refractivity contribution in [1.82, 2.24) is 15.0 Å². The van der Waals surface area contributed by atoms with Gasteiger partial charge in [-0.05, 0) is 49.7 Å². The molecule has 5 rings (SSSR count). The lowest BCUT2D eigenvalue weighted by Gasteiger charge is -2.11. The molecule has 0 spiro atoms. The Balaban J connectivity index is 1.61. The van der Waals surface area contributed by atoms with E-state index in [9.17, 15) is 0 Å². The SMILES string of the molecule is CCCc1nc2sc3c(NC[C@@H]4CCCO4)ncnc3c2c2c1CCC2. The van der Waals surface area contributed by atoms with Crippen molar-refractivity contribution < 1.29 is 4.74 Å². The molecule has 0 bridgehead atoms. The summed E-state index contributed by atoms with van der Waals surface area (Å²) >= 11 is 1.74. The molecule has 1 saturated heterocycles. The summed E-state index contributed by atoms with van der Waals surface area (Å²) in [5.41, 5.74) is 5.37. The van der Waals surface area contributed by atoms with E-state index in [1.54, 1.807) is 17.7 Å². The van der Waals surface area contributed by atoms with Crippen molar-refractivity contribution in [2.24, 2.45) is 0 Å². The Morgan fingerprint density at radius 2 is 2.15 bits per heavy atom. The Morgan fingerprint density at radius 1 is 1.23 bits per heavy atom. The average molecular weight is 369 g/mol. The van der Waals surface area contributed by atoms with Crippen LogP contribution in [0.3, 0.4) is 0 Å². The molecule has 1 fully saturated rings. The van der Waals surface area contributed by atoms with Crippen LogP contribution >= 0.6 is 11.3 Å². The van der Waals surface area contributed by atoms with Gasteiger partial charge >= 0.3 is 0 Å². The van der Waals surface area contributed by atoms with Crippen LogP contribution in [0.4, 0.5) is 5.82 Å². The van der Waals surface area contributed by atoms with Gasteiger partial charge in [-0.1, -0.05) is 13.3 Å². The molecule has 136 valence electrons. The Morgan fingerprint density at radius 3 is 3.00 bits per heavy atom. The number of rotatable bonds is 5. The Bertz CT molecular complexity index is 961. The predicted molar refractivity (Wildman–Crippen MR) is 106 cm³/mol. The summed E-state index contributed by atoms with van der Waals surface area (Å²) in [6, 6.07) is 0. The number of anilines is 1. The fourth-order valence-corrected chi connectivity index (χ4v) is 5.51. The van der Waals surface area contributed by atoms with Crippen molar-refractivity contribution >= 4 is 37.6 Å². The van der Waals surface area contributed by atoms with Crippen LogP contribution in [0, 0.1) is 0 Å². The third kappa shape index (κ3) is 2.67. The van der Waals surface area contributed by atoms with Gasteiger partial charge in [0.25, 0.3) is 0 Å². The van der Waals surface area contributed by atoms with E-state index >= 15 is 0 Å². The van der Waals surface area contributed by atoms with Gasteiger partial charge in [0.15, 0.2) is 0 Å². The number of ether oxygens (including phenoxy) is 1. The topological polar surface area (TPSA) is 59.9 Å². The van der Waals surface area contributed by atoms with E-state index in [1.165, 1.54) is 35.0 Å². The van der Waals surface area contributed by atoms with Crippen molar-refractivity contribution in [1.29, 1.82) is 0 Å². The second-order valence-corrected chi connectivity index (χ2v) is 8.32. The second-order valence-electron chi connectivity index (χ2n) is 7.32. The van der Waals surface area contributed by atoms with Crippen LogP contribution in [0.2, 0.25) is 0 Å². The van der Waals surface area contributed by atoms with Crippen molar-refractivity contribution in [3.05, 3.63) is 23.1 Å². The van der Waals surface area contributed by atoms with Gasteiger partial charge in [0.1, 0.15) is 17.0 Å². The lowest BCUT2D eigenvalue weighted by molar-refractivity contribution is 0.120. The van der Waals surface area contributed by atoms with Crippen molar-refractivity contribution in [2.75, 3.05) is 18.5 Å². The first-order chi connectivity index (χ1) is 12.8. The minimum Gasteiger partial charge on any atom is -0.376 e. The summed E-state index contributed by atoms with van der Waals surface area (Å²) < 4.78 is 6.87. The summed E-state index contributed by atoms with van der Waals surface area (Å²) in [5.74, 6) is 0.928. The van der Waals surface area contributed by atoms with Crippen LogP contribution in [0.1, 0.15) is 49.4 Å². The zero-order valence-electron chi connectivity index (χ0n) is 15.2. The van der Waals surface area contributed by atoms with Gasteiger partial charge in [0, 0.05) is 24.2 Å². The third-order valence-electron chi connectivity index (χ3n) is 5.57. The molecule has 6 heteroatoms. The smallest absolute Gasteiger partial charge is 0.147 e. The summed E-state index contributed by atoms with van der Waals surface area (Å²) in [4.78, 5) is 15.4. The number of hydrogen-bond acceptors (Lipinski definition) is 6. The van der Waals surface area contributed by atoms with E-state index < -0.39 is 0 Å². The Hall–Kier alpha value is -1.79. The monoisotopic (exact) mass is 368 g/mol. The molecule has 0 unspecified atom stereocenters. The maximum absolute atomic E-state index is 5.73. The van der Waals surface area contributed by atoms with Crippen LogP contribution in [0.5, 0.6) is 0 Å². The first kappa shape index (κ1) is 16.4. The number of pyridine rings is 1. The van der Waals surface area contributed by atoms with Gasteiger partial charge in [-0.3, -0.25) is 0 Å². The summed E-state index contributed by atoms with van der Waals surface area (Å²) in [6.45, 7) is 3.92. The number of hydrogen-bond donors (Lipinski definition) is 1. The quantitative estimate of drug-likeness (QED) is 0.729. The molecule has 0 radical (unpaired) electrons. The van der Waals surface area contributed by atoms with Gasteiger partial charge in [0.05, 0.1) is 16.3 Å². The molecule has 0 aromatic carbocycles. The standard InChI is InChI=1S/C20H24N4OS/c1-2-5-15-13-7-3-8-14(13)16-17-18(26-20(16)24-15)19(23-11-22-17)21-10-12-6-4-9-25-12/h11-12H,2-10H2,1H3,(H,21,22,23)/t12-/m0/s1. The molecule has 5 nitrogen and oxygen atoms in total. The van der Waals surface area contributed by atoms with E-state index in [2.05, 4.69) is 22.2 Å².